The minimum absolute atomic E-state index is 0.0804. The van der Waals surface area contributed by atoms with Gasteiger partial charge in [-0.2, -0.15) is 0 Å². The zero-order chi connectivity index (χ0) is 17.3. The summed E-state index contributed by atoms with van der Waals surface area (Å²) < 4.78 is 21.0. The Balaban J connectivity index is 1.66. The van der Waals surface area contributed by atoms with Crippen LogP contribution in [0.15, 0.2) is 0 Å². The average molecular weight is 343 g/mol. The second-order valence-electron chi connectivity index (χ2n) is 6.56. The van der Waals surface area contributed by atoms with Crippen LogP contribution in [0.25, 0.3) is 0 Å². The van der Waals surface area contributed by atoms with Crippen molar-refractivity contribution in [3.05, 3.63) is 0 Å². The van der Waals surface area contributed by atoms with Crippen molar-refractivity contribution in [3.63, 3.8) is 0 Å². The predicted octanol–water partition coefficient (Wildman–Crippen LogP) is 0.0287. The number of carbonyl (C=O) groups is 2. The van der Waals surface area contributed by atoms with Gasteiger partial charge in [-0.15, -0.1) is 0 Å². The number of nitrogens with zero attached hydrogens (tertiary/aromatic N) is 1. The van der Waals surface area contributed by atoms with E-state index in [-0.39, 0.29) is 42.5 Å². The summed E-state index contributed by atoms with van der Waals surface area (Å²) in [6, 6.07) is 0. The first kappa shape index (κ1) is 17.4. The third-order valence-electron chi connectivity index (χ3n) is 5.23. The predicted molar refractivity (Wildman–Crippen MR) is 81.2 cm³/mol. The van der Waals surface area contributed by atoms with Gasteiger partial charge in [0.2, 0.25) is 0 Å². The van der Waals surface area contributed by atoms with Gasteiger partial charge in [-0.05, 0) is 13.3 Å². The molecular formula is C16H25NO7. The summed E-state index contributed by atoms with van der Waals surface area (Å²) in [5.41, 5.74) is 0. The van der Waals surface area contributed by atoms with Gasteiger partial charge < -0.3 is 29.0 Å². The zero-order valence-corrected chi connectivity index (χ0v) is 14.1. The Bertz CT molecular complexity index is 485. The molecule has 0 aromatic heterocycles. The first-order valence-corrected chi connectivity index (χ1v) is 8.47. The van der Waals surface area contributed by atoms with Crippen LogP contribution in [-0.4, -0.2) is 80.4 Å². The summed E-state index contributed by atoms with van der Waals surface area (Å²) in [7, 11) is 1.54. The highest BCUT2D eigenvalue weighted by atomic mass is 16.6. The molecule has 24 heavy (non-hydrogen) atoms. The van der Waals surface area contributed by atoms with E-state index in [1.807, 2.05) is 0 Å². The molecule has 0 radical (unpaired) electrons. The van der Waals surface area contributed by atoms with Crippen LogP contribution in [0, 0.1) is 17.8 Å². The molecule has 3 aliphatic rings. The van der Waals surface area contributed by atoms with Crippen LogP contribution in [0.2, 0.25) is 0 Å². The Kier molecular flexibility index (Phi) is 5.27. The molecule has 0 aromatic carbocycles. The molecule has 3 fully saturated rings. The molecule has 1 amide bonds. The first-order chi connectivity index (χ1) is 11.6. The Morgan fingerprint density at radius 1 is 1.21 bits per heavy atom. The van der Waals surface area contributed by atoms with Crippen LogP contribution in [0.3, 0.4) is 0 Å². The number of amides is 1. The van der Waals surface area contributed by atoms with E-state index < -0.39 is 12.2 Å². The minimum atomic E-state index is -0.678. The van der Waals surface area contributed by atoms with Crippen LogP contribution in [-0.2, 0) is 23.7 Å². The van der Waals surface area contributed by atoms with Crippen molar-refractivity contribution in [2.24, 2.45) is 17.8 Å². The lowest BCUT2D eigenvalue weighted by Crippen LogP contribution is -2.46. The molecule has 3 rings (SSSR count). The molecule has 3 saturated heterocycles. The largest absolute Gasteiger partial charge is 0.466 e. The van der Waals surface area contributed by atoms with E-state index in [0.29, 0.717) is 32.7 Å². The molecule has 3 heterocycles. The van der Waals surface area contributed by atoms with E-state index in [1.54, 1.807) is 11.8 Å². The fourth-order valence-electron chi connectivity index (χ4n) is 4.13. The summed E-state index contributed by atoms with van der Waals surface area (Å²) in [5.74, 6) is -0.825. The van der Waals surface area contributed by atoms with Crippen molar-refractivity contribution in [2.75, 3.05) is 40.0 Å². The number of esters is 1. The molecule has 2 bridgehead atoms. The van der Waals surface area contributed by atoms with Crippen LogP contribution < -0.4 is 0 Å². The molecule has 136 valence electrons. The summed E-state index contributed by atoms with van der Waals surface area (Å²) in [6.07, 6.45) is -1.29. The van der Waals surface area contributed by atoms with Gasteiger partial charge in [-0.25, -0.2) is 4.79 Å². The van der Waals surface area contributed by atoms with E-state index in [2.05, 4.69) is 0 Å². The molecule has 8 nitrogen and oxygen atoms in total. The van der Waals surface area contributed by atoms with E-state index in [9.17, 15) is 14.7 Å². The normalized spacial score (nSPS) is 37.2. The maximum Gasteiger partial charge on any atom is 0.409 e. The van der Waals surface area contributed by atoms with Crippen molar-refractivity contribution in [1.29, 1.82) is 0 Å². The maximum atomic E-state index is 12.2. The van der Waals surface area contributed by atoms with Crippen LogP contribution in [0.4, 0.5) is 4.79 Å². The lowest BCUT2D eigenvalue weighted by atomic mass is 9.83. The van der Waals surface area contributed by atoms with Crippen LogP contribution >= 0.6 is 0 Å². The van der Waals surface area contributed by atoms with Gasteiger partial charge in [0.25, 0.3) is 0 Å². The number of hydrogen-bond acceptors (Lipinski definition) is 7. The quantitative estimate of drug-likeness (QED) is 0.556. The smallest absolute Gasteiger partial charge is 0.409 e. The Hall–Kier alpha value is -1.38. The van der Waals surface area contributed by atoms with Gasteiger partial charge in [-0.3, -0.25) is 4.79 Å². The molecule has 6 atom stereocenters. The zero-order valence-electron chi connectivity index (χ0n) is 14.1. The number of rotatable bonds is 5. The highest BCUT2D eigenvalue weighted by Crippen LogP contribution is 2.47. The van der Waals surface area contributed by atoms with Crippen molar-refractivity contribution >= 4 is 12.1 Å². The lowest BCUT2D eigenvalue weighted by Gasteiger charge is -2.35. The molecule has 3 aliphatic heterocycles. The third-order valence-corrected chi connectivity index (χ3v) is 5.23. The molecule has 8 heteroatoms. The average Bonchev–Trinajstić information content (AvgIpc) is 3.17. The molecule has 1 N–H and O–H groups in total. The lowest BCUT2D eigenvalue weighted by molar-refractivity contribution is -0.157. The Labute approximate surface area is 141 Å². The number of likely N-dealkylation sites (tertiary alicyclic amines) is 1. The second-order valence-corrected chi connectivity index (χ2v) is 6.56. The summed E-state index contributed by atoms with van der Waals surface area (Å²) in [6.45, 7) is 3.46. The first-order valence-electron chi connectivity index (χ1n) is 8.47. The van der Waals surface area contributed by atoms with E-state index in [1.165, 1.54) is 7.11 Å². The van der Waals surface area contributed by atoms with Crippen LogP contribution in [0.5, 0.6) is 0 Å². The summed E-state index contributed by atoms with van der Waals surface area (Å²) in [4.78, 5) is 25.9. The van der Waals surface area contributed by atoms with Gasteiger partial charge in [0.15, 0.2) is 0 Å². The monoisotopic (exact) mass is 343 g/mol. The van der Waals surface area contributed by atoms with E-state index in [4.69, 9.17) is 18.9 Å². The van der Waals surface area contributed by atoms with Gasteiger partial charge >= 0.3 is 12.1 Å². The SMILES string of the molecule is CCOC(=O)[C@H]1C[C@@H]2O[C@H]1[C@H]1CN(C(=O)OCCOC)C[C@H]1[C@@H]2O. The highest BCUT2D eigenvalue weighted by Gasteiger charge is 2.58. The number of ether oxygens (including phenoxy) is 4. The Morgan fingerprint density at radius 3 is 2.67 bits per heavy atom. The van der Waals surface area contributed by atoms with E-state index in [0.717, 1.165) is 0 Å². The molecular weight excluding hydrogens is 318 g/mol. The molecule has 0 aromatic rings. The number of fused-ring (bicyclic) bond motifs is 4. The summed E-state index contributed by atoms with van der Waals surface area (Å²) >= 11 is 0. The standard InChI is InChI=1S/C16H25NO7/c1-3-22-15(19)9-6-12-13(18)10-7-17(8-11(10)14(9)24-12)16(20)23-5-4-21-2/h9-14,18H,3-8H2,1-2H3/t9-,10+,11-,12-,13-,14+/m0/s1. The van der Waals surface area contributed by atoms with Crippen molar-refractivity contribution < 1.29 is 33.6 Å². The summed E-state index contributed by atoms with van der Waals surface area (Å²) in [5, 5.41) is 10.5. The fraction of sp³-hybridized carbons (Fsp3) is 0.875. The van der Waals surface area contributed by atoms with Crippen molar-refractivity contribution in [1.82, 2.24) is 4.90 Å². The van der Waals surface area contributed by atoms with Gasteiger partial charge in [0, 0.05) is 32.0 Å². The number of aliphatic hydroxyl groups excluding tert-OH is 1. The van der Waals surface area contributed by atoms with E-state index >= 15 is 0 Å². The number of methoxy groups -OCH3 is 1. The minimum Gasteiger partial charge on any atom is -0.466 e. The number of aliphatic hydroxyl groups is 1. The topological polar surface area (TPSA) is 94.5 Å². The van der Waals surface area contributed by atoms with Gasteiger partial charge in [-0.1, -0.05) is 0 Å². The molecule has 0 saturated carbocycles. The molecule has 0 spiro atoms. The van der Waals surface area contributed by atoms with Gasteiger partial charge in [0.05, 0.1) is 37.4 Å². The van der Waals surface area contributed by atoms with Gasteiger partial charge in [0.1, 0.15) is 6.61 Å². The number of hydrogen-bond donors (Lipinski definition) is 1. The third kappa shape index (κ3) is 3.10. The Morgan fingerprint density at radius 2 is 1.96 bits per heavy atom. The fourth-order valence-corrected chi connectivity index (χ4v) is 4.13. The van der Waals surface area contributed by atoms with Crippen molar-refractivity contribution in [2.45, 2.75) is 31.7 Å². The maximum absolute atomic E-state index is 12.2. The van der Waals surface area contributed by atoms with Crippen molar-refractivity contribution in [3.8, 4) is 0 Å². The molecule has 0 aliphatic carbocycles. The van der Waals surface area contributed by atoms with Crippen LogP contribution in [0.1, 0.15) is 13.3 Å². The number of carbonyl (C=O) groups excluding carboxylic acids is 2. The second kappa shape index (κ2) is 7.25. The molecule has 0 unspecified atom stereocenters. The highest BCUT2D eigenvalue weighted by molar-refractivity contribution is 5.74.